The molecule has 1 heterocycles. The minimum Gasteiger partial charge on any atom is -0.465 e. The van der Waals surface area contributed by atoms with Gasteiger partial charge in [0.05, 0.1) is 7.11 Å². The summed E-state index contributed by atoms with van der Waals surface area (Å²) in [5, 5.41) is 1.95. The van der Waals surface area contributed by atoms with Crippen molar-refractivity contribution in [2.24, 2.45) is 7.05 Å². The summed E-state index contributed by atoms with van der Waals surface area (Å²) in [7, 11) is 3.28. The zero-order valence-corrected chi connectivity index (χ0v) is 11.4. The van der Waals surface area contributed by atoms with E-state index < -0.39 is 0 Å². The third kappa shape index (κ3) is 3.29. The predicted octanol–water partition coefficient (Wildman–Crippen LogP) is 2.87. The van der Waals surface area contributed by atoms with Gasteiger partial charge in [0.25, 0.3) is 0 Å². The van der Waals surface area contributed by atoms with E-state index in [0.717, 1.165) is 10.8 Å². The van der Waals surface area contributed by atoms with E-state index in [1.54, 1.807) is 6.20 Å². The van der Waals surface area contributed by atoms with E-state index in [9.17, 15) is 4.79 Å². The van der Waals surface area contributed by atoms with Crippen LogP contribution in [0.25, 0.3) is 10.8 Å². The van der Waals surface area contributed by atoms with Gasteiger partial charge in [0.1, 0.15) is 12.6 Å². The molecule has 0 aliphatic rings. The number of hydrogen-bond acceptors (Lipinski definition) is 2. The summed E-state index contributed by atoms with van der Waals surface area (Å²) in [6.45, 7) is 4.25. The number of nitrogens with zero attached hydrogens (tertiary/aromatic N) is 1. The Morgan fingerprint density at radius 3 is 2.44 bits per heavy atom. The maximum atomic E-state index is 11.5. The van der Waals surface area contributed by atoms with Crippen molar-refractivity contribution in [2.45, 2.75) is 20.3 Å². The van der Waals surface area contributed by atoms with E-state index in [-0.39, 0.29) is 5.97 Å². The van der Waals surface area contributed by atoms with Crippen molar-refractivity contribution in [2.75, 3.05) is 7.11 Å². The second kappa shape index (κ2) is 6.74. The number of carbonyl (C=O) groups excluding carboxylic acids is 1. The number of carbonyl (C=O) groups is 1. The van der Waals surface area contributed by atoms with Crippen molar-refractivity contribution in [1.82, 2.24) is 0 Å². The fraction of sp³-hybridized carbons (Fsp3) is 0.333. The van der Waals surface area contributed by atoms with Crippen molar-refractivity contribution in [3.63, 3.8) is 0 Å². The summed E-state index contributed by atoms with van der Waals surface area (Å²) in [5.41, 5.74) is 0.595. The van der Waals surface area contributed by atoms with Crippen molar-refractivity contribution in [1.29, 1.82) is 0 Å². The van der Waals surface area contributed by atoms with Crippen LogP contribution in [0.4, 0.5) is 0 Å². The Labute approximate surface area is 108 Å². The summed E-state index contributed by atoms with van der Waals surface area (Å²) < 4.78 is 6.60. The molecule has 0 fully saturated rings. The summed E-state index contributed by atoms with van der Waals surface area (Å²) in [4.78, 5) is 11.5. The highest BCUT2D eigenvalue weighted by atomic mass is 16.5. The largest absolute Gasteiger partial charge is 0.465 e. The summed E-state index contributed by atoms with van der Waals surface area (Å²) >= 11 is 0. The van der Waals surface area contributed by atoms with Gasteiger partial charge in [0, 0.05) is 10.8 Å². The van der Waals surface area contributed by atoms with Gasteiger partial charge in [-0.2, -0.15) is 0 Å². The maximum absolute atomic E-state index is 11.5. The first-order chi connectivity index (χ1) is 8.63. The second-order valence-electron chi connectivity index (χ2n) is 4.12. The Kier molecular flexibility index (Phi) is 5.31. The molecule has 1 aromatic carbocycles. The Bertz CT molecular complexity index is 535. The molecule has 0 N–H and O–H groups in total. The van der Waals surface area contributed by atoms with E-state index in [2.05, 4.69) is 13.8 Å². The highest BCUT2D eigenvalue weighted by Crippen LogP contribution is 2.16. The number of benzene rings is 1. The highest BCUT2D eigenvalue weighted by Gasteiger charge is 2.14. The average molecular weight is 246 g/mol. The van der Waals surface area contributed by atoms with Gasteiger partial charge < -0.3 is 4.74 Å². The minimum atomic E-state index is -0.303. The molecule has 2 rings (SSSR count). The molecule has 96 valence electrons. The van der Waals surface area contributed by atoms with Gasteiger partial charge in [-0.05, 0) is 6.07 Å². The molecule has 2 aromatic rings. The van der Waals surface area contributed by atoms with Gasteiger partial charge in [-0.15, -0.1) is 0 Å². The van der Waals surface area contributed by atoms with Crippen LogP contribution < -0.4 is 4.57 Å². The normalized spacial score (nSPS) is 9.56. The zero-order chi connectivity index (χ0) is 13.5. The molecular formula is C15H20NO2+. The molecule has 0 saturated carbocycles. The summed E-state index contributed by atoms with van der Waals surface area (Å²) in [6, 6.07) is 7.75. The summed E-state index contributed by atoms with van der Waals surface area (Å²) in [6.07, 6.45) is 5.00. The third-order valence-corrected chi connectivity index (χ3v) is 2.33. The first-order valence-electron chi connectivity index (χ1n) is 6.10. The molecule has 0 radical (unpaired) electrons. The smallest absolute Gasteiger partial charge is 0.344 e. The third-order valence-electron chi connectivity index (χ3n) is 2.33. The lowest BCUT2D eigenvalue weighted by Gasteiger charge is -2.02. The first-order valence-corrected chi connectivity index (χ1v) is 6.10. The molecule has 0 atom stereocenters. The van der Waals surface area contributed by atoms with Gasteiger partial charge in [-0.25, -0.2) is 9.36 Å². The lowest BCUT2D eigenvalue weighted by Crippen LogP contribution is -2.28. The number of aryl methyl sites for hydroxylation is 1. The molecule has 0 saturated heterocycles. The number of aromatic nitrogens is 1. The Balaban J connectivity index is 0.000000492. The molecule has 0 bridgehead atoms. The van der Waals surface area contributed by atoms with Gasteiger partial charge in [0.15, 0.2) is 12.4 Å². The van der Waals surface area contributed by atoms with Crippen LogP contribution in [0.3, 0.4) is 0 Å². The van der Waals surface area contributed by atoms with E-state index in [0.29, 0.717) is 5.56 Å². The van der Waals surface area contributed by atoms with Crippen molar-refractivity contribution >= 4 is 16.7 Å². The molecular weight excluding hydrogens is 226 g/mol. The highest BCUT2D eigenvalue weighted by molar-refractivity contribution is 6.03. The molecule has 0 aliphatic carbocycles. The summed E-state index contributed by atoms with van der Waals surface area (Å²) in [5.74, 6) is -0.303. The number of pyridine rings is 1. The monoisotopic (exact) mass is 246 g/mol. The van der Waals surface area contributed by atoms with E-state index in [4.69, 9.17) is 4.74 Å². The second-order valence-corrected chi connectivity index (χ2v) is 4.12. The number of rotatable bonds is 1. The molecule has 3 heteroatoms. The van der Waals surface area contributed by atoms with E-state index >= 15 is 0 Å². The average Bonchev–Trinajstić information content (AvgIpc) is 2.37. The maximum Gasteiger partial charge on any atom is 0.344 e. The Morgan fingerprint density at radius 1 is 1.22 bits per heavy atom. The van der Waals surface area contributed by atoms with Crippen LogP contribution in [0.15, 0.2) is 36.7 Å². The number of methoxy groups -OCH3 is 1. The van der Waals surface area contributed by atoms with Crippen molar-refractivity contribution in [3.05, 3.63) is 42.2 Å². The molecule has 3 nitrogen and oxygen atoms in total. The lowest BCUT2D eigenvalue weighted by molar-refractivity contribution is -0.670. The molecule has 1 aromatic heterocycles. The van der Waals surface area contributed by atoms with E-state index in [1.165, 1.54) is 13.5 Å². The number of fused-ring (bicyclic) bond motifs is 1. The van der Waals surface area contributed by atoms with Crippen LogP contribution in [0, 0.1) is 0 Å². The fourth-order valence-electron chi connectivity index (χ4n) is 1.66. The molecule has 0 amide bonds. The SMILES string of the molecule is CCC.COC(=O)c1c[n+](C)cc2ccccc12. The zero-order valence-electron chi connectivity index (χ0n) is 11.4. The fourth-order valence-corrected chi connectivity index (χ4v) is 1.66. The first kappa shape index (κ1) is 14.2. The molecule has 0 spiro atoms. The number of ether oxygens (including phenoxy) is 1. The van der Waals surface area contributed by atoms with Gasteiger partial charge in [-0.3, -0.25) is 0 Å². The van der Waals surface area contributed by atoms with Crippen LogP contribution in [0.2, 0.25) is 0 Å². The van der Waals surface area contributed by atoms with Gasteiger partial charge >= 0.3 is 5.97 Å². The van der Waals surface area contributed by atoms with E-state index in [1.807, 2.05) is 42.1 Å². The van der Waals surface area contributed by atoms with Crippen molar-refractivity contribution < 1.29 is 14.1 Å². The molecule has 0 unspecified atom stereocenters. The number of hydrogen-bond donors (Lipinski definition) is 0. The van der Waals surface area contributed by atoms with Crippen LogP contribution in [-0.2, 0) is 11.8 Å². The molecule has 18 heavy (non-hydrogen) atoms. The standard InChI is InChI=1S/C12H12NO2.C3H8/c1-13-7-9-5-3-4-6-10(9)11(8-13)12(14)15-2;1-3-2/h3-8H,1-2H3;3H2,1-2H3/q+1;. The Morgan fingerprint density at radius 2 is 1.83 bits per heavy atom. The van der Waals surface area contributed by atoms with Crippen LogP contribution in [-0.4, -0.2) is 13.1 Å². The predicted molar refractivity (Wildman–Crippen MR) is 72.4 cm³/mol. The van der Waals surface area contributed by atoms with Crippen LogP contribution in [0.1, 0.15) is 30.6 Å². The topological polar surface area (TPSA) is 30.2 Å². The van der Waals surface area contributed by atoms with Crippen LogP contribution in [0.5, 0.6) is 0 Å². The van der Waals surface area contributed by atoms with Gasteiger partial charge in [0.2, 0.25) is 0 Å². The van der Waals surface area contributed by atoms with Crippen molar-refractivity contribution in [3.8, 4) is 0 Å². The van der Waals surface area contributed by atoms with Crippen LogP contribution >= 0.6 is 0 Å². The Hall–Kier alpha value is -1.90. The number of esters is 1. The minimum absolute atomic E-state index is 0.303. The van der Waals surface area contributed by atoms with Gasteiger partial charge in [-0.1, -0.05) is 38.5 Å². The quantitative estimate of drug-likeness (QED) is 0.572. The molecule has 0 aliphatic heterocycles. The lowest BCUT2D eigenvalue weighted by atomic mass is 10.1.